The Labute approximate surface area is 140 Å². The first kappa shape index (κ1) is 16.2. The van der Waals surface area contributed by atoms with Gasteiger partial charge in [0.05, 0.1) is 0 Å². The number of hydrogen-bond donors (Lipinski definition) is 1. The summed E-state index contributed by atoms with van der Waals surface area (Å²) in [6, 6.07) is 5.41. The first-order chi connectivity index (χ1) is 10.5. The molecule has 0 amide bonds. The van der Waals surface area contributed by atoms with Crippen LogP contribution < -0.4 is 5.32 Å². The highest BCUT2D eigenvalue weighted by atomic mass is 35.5. The van der Waals surface area contributed by atoms with E-state index in [9.17, 15) is 8.42 Å². The normalized spacial score (nSPS) is 20.5. The average Bonchev–Trinajstić information content (AvgIpc) is 2.91. The van der Waals surface area contributed by atoms with Gasteiger partial charge in [-0.15, -0.1) is 11.3 Å². The van der Waals surface area contributed by atoms with Gasteiger partial charge in [0.15, 0.2) is 0 Å². The lowest BCUT2D eigenvalue weighted by Gasteiger charge is -2.31. The molecule has 1 aliphatic rings. The highest BCUT2D eigenvalue weighted by molar-refractivity contribution is 7.89. The van der Waals surface area contributed by atoms with Crippen LogP contribution in [0.15, 0.2) is 28.5 Å². The third-order valence-corrected chi connectivity index (χ3v) is 7.35. The fraction of sp³-hybridized carbons (Fsp3) is 0.467. The number of hydrogen-bond acceptors (Lipinski definition) is 4. The molecule has 0 spiro atoms. The molecule has 1 atom stereocenters. The Bertz CT molecular complexity index is 771. The van der Waals surface area contributed by atoms with E-state index in [2.05, 4.69) is 5.32 Å². The number of halogens is 1. The van der Waals surface area contributed by atoms with Crippen LogP contribution in [0, 0.1) is 5.92 Å². The van der Waals surface area contributed by atoms with Crippen LogP contribution in [0.5, 0.6) is 0 Å². The van der Waals surface area contributed by atoms with E-state index in [1.54, 1.807) is 21.8 Å². The summed E-state index contributed by atoms with van der Waals surface area (Å²) in [4.78, 5) is 0.389. The van der Waals surface area contributed by atoms with E-state index < -0.39 is 10.0 Å². The number of nitrogens with one attached hydrogen (secondary N) is 1. The Morgan fingerprint density at radius 2 is 2.27 bits per heavy atom. The summed E-state index contributed by atoms with van der Waals surface area (Å²) in [5.74, 6) is 0.377. The van der Waals surface area contributed by atoms with Crippen molar-refractivity contribution in [2.24, 2.45) is 5.92 Å². The standard InChI is InChI=1S/C15H19ClN2O2S2/c1-17-8-11-3-2-6-18(9-11)22(19,20)15-10-21-14-5-4-12(16)7-13(14)15/h4-5,7,10-11,17H,2-3,6,8-9H2,1H3. The second-order valence-electron chi connectivity index (χ2n) is 5.67. The zero-order valence-corrected chi connectivity index (χ0v) is 14.8. The zero-order chi connectivity index (χ0) is 15.7. The van der Waals surface area contributed by atoms with Gasteiger partial charge in [0.1, 0.15) is 4.90 Å². The van der Waals surface area contributed by atoms with Gasteiger partial charge in [0.2, 0.25) is 10.0 Å². The Morgan fingerprint density at radius 1 is 1.45 bits per heavy atom. The van der Waals surface area contributed by atoms with Crippen molar-refractivity contribution in [2.45, 2.75) is 17.7 Å². The summed E-state index contributed by atoms with van der Waals surface area (Å²) in [6.45, 7) is 2.03. The fourth-order valence-corrected chi connectivity index (χ4v) is 6.19. The van der Waals surface area contributed by atoms with E-state index in [-0.39, 0.29) is 0 Å². The molecule has 120 valence electrons. The molecule has 3 rings (SSSR count). The monoisotopic (exact) mass is 358 g/mol. The Balaban J connectivity index is 1.96. The minimum absolute atomic E-state index is 0.377. The van der Waals surface area contributed by atoms with E-state index in [0.29, 0.717) is 28.9 Å². The maximum Gasteiger partial charge on any atom is 0.244 e. The second-order valence-corrected chi connectivity index (χ2v) is 8.92. The van der Waals surface area contributed by atoms with Crippen molar-refractivity contribution in [2.75, 3.05) is 26.7 Å². The largest absolute Gasteiger partial charge is 0.319 e. The van der Waals surface area contributed by atoms with Gasteiger partial charge in [0, 0.05) is 33.6 Å². The lowest BCUT2D eigenvalue weighted by atomic mass is 10.00. The number of sulfonamides is 1. The molecule has 0 radical (unpaired) electrons. The van der Waals surface area contributed by atoms with Crippen molar-refractivity contribution in [3.05, 3.63) is 28.6 Å². The predicted octanol–water partition coefficient (Wildman–Crippen LogP) is 3.17. The summed E-state index contributed by atoms with van der Waals surface area (Å²) in [6.07, 6.45) is 1.98. The Morgan fingerprint density at radius 3 is 3.05 bits per heavy atom. The smallest absolute Gasteiger partial charge is 0.244 e. The van der Waals surface area contributed by atoms with Gasteiger partial charge in [-0.3, -0.25) is 0 Å². The van der Waals surface area contributed by atoms with Crippen LogP contribution in [0.1, 0.15) is 12.8 Å². The number of thiophene rings is 1. The molecule has 0 saturated carbocycles. The molecule has 1 aromatic heterocycles. The molecule has 2 aromatic rings. The lowest BCUT2D eigenvalue weighted by Crippen LogP contribution is -2.42. The maximum atomic E-state index is 13.0. The topological polar surface area (TPSA) is 49.4 Å². The first-order valence-corrected chi connectivity index (χ1v) is 10.0. The van der Waals surface area contributed by atoms with E-state index in [1.807, 2.05) is 13.1 Å². The number of benzene rings is 1. The summed E-state index contributed by atoms with van der Waals surface area (Å²) in [5, 5.41) is 6.17. The first-order valence-electron chi connectivity index (χ1n) is 7.34. The molecule has 1 N–H and O–H groups in total. The van der Waals surface area contributed by atoms with Crippen molar-refractivity contribution >= 4 is 43.0 Å². The highest BCUT2D eigenvalue weighted by Gasteiger charge is 2.31. The van der Waals surface area contributed by atoms with Crippen molar-refractivity contribution in [1.82, 2.24) is 9.62 Å². The van der Waals surface area contributed by atoms with Gasteiger partial charge >= 0.3 is 0 Å². The van der Waals surface area contributed by atoms with Crippen molar-refractivity contribution < 1.29 is 8.42 Å². The molecule has 1 aliphatic heterocycles. The maximum absolute atomic E-state index is 13.0. The Hall–Kier alpha value is -0.660. The number of rotatable bonds is 4. The second kappa shape index (κ2) is 6.45. The molecule has 2 heterocycles. The van der Waals surface area contributed by atoms with Gasteiger partial charge < -0.3 is 5.32 Å². The van der Waals surface area contributed by atoms with Crippen LogP contribution in [-0.4, -0.2) is 39.4 Å². The van der Waals surface area contributed by atoms with E-state index >= 15 is 0 Å². The quantitative estimate of drug-likeness (QED) is 0.913. The molecule has 1 fully saturated rings. The van der Waals surface area contributed by atoms with Crippen molar-refractivity contribution in [3.63, 3.8) is 0 Å². The molecule has 1 saturated heterocycles. The highest BCUT2D eigenvalue weighted by Crippen LogP contribution is 2.34. The molecular formula is C15H19ClN2O2S2. The van der Waals surface area contributed by atoms with Crippen LogP contribution in [0.2, 0.25) is 5.02 Å². The SMILES string of the molecule is CNCC1CCCN(S(=O)(=O)c2csc3ccc(Cl)cc23)C1. The predicted molar refractivity (Wildman–Crippen MR) is 92.2 cm³/mol. The molecule has 7 heteroatoms. The molecule has 22 heavy (non-hydrogen) atoms. The van der Waals surface area contributed by atoms with Gasteiger partial charge in [-0.1, -0.05) is 11.6 Å². The molecule has 1 aromatic carbocycles. The minimum atomic E-state index is -3.46. The third-order valence-electron chi connectivity index (χ3n) is 4.09. The van der Waals surface area contributed by atoms with E-state index in [1.165, 1.54) is 11.3 Å². The third kappa shape index (κ3) is 3.03. The number of piperidine rings is 1. The van der Waals surface area contributed by atoms with Crippen LogP contribution in [0.4, 0.5) is 0 Å². The van der Waals surface area contributed by atoms with Crippen molar-refractivity contribution in [1.29, 1.82) is 0 Å². The van der Waals surface area contributed by atoms with Crippen LogP contribution in [-0.2, 0) is 10.0 Å². The summed E-state index contributed by atoms with van der Waals surface area (Å²) < 4.78 is 28.6. The Kier molecular flexibility index (Phi) is 4.75. The van der Waals surface area contributed by atoms with Gasteiger partial charge in [-0.05, 0) is 50.6 Å². The molecule has 1 unspecified atom stereocenters. The van der Waals surface area contributed by atoms with Crippen LogP contribution in [0.25, 0.3) is 10.1 Å². The van der Waals surface area contributed by atoms with E-state index in [0.717, 1.165) is 29.5 Å². The molecule has 0 aliphatic carbocycles. The summed E-state index contributed by atoms with van der Waals surface area (Å²) in [5.41, 5.74) is 0. The van der Waals surface area contributed by atoms with Crippen molar-refractivity contribution in [3.8, 4) is 0 Å². The summed E-state index contributed by atoms with van der Waals surface area (Å²) >= 11 is 7.48. The molecule has 0 bridgehead atoms. The zero-order valence-electron chi connectivity index (χ0n) is 12.4. The minimum Gasteiger partial charge on any atom is -0.319 e. The van der Waals surface area contributed by atoms with Crippen LogP contribution in [0.3, 0.4) is 0 Å². The molecular weight excluding hydrogens is 340 g/mol. The van der Waals surface area contributed by atoms with Gasteiger partial charge in [-0.25, -0.2) is 8.42 Å². The number of nitrogens with zero attached hydrogens (tertiary/aromatic N) is 1. The number of fused-ring (bicyclic) bond motifs is 1. The molecule has 4 nitrogen and oxygen atoms in total. The fourth-order valence-electron chi connectivity index (χ4n) is 3.02. The summed E-state index contributed by atoms with van der Waals surface area (Å²) in [7, 11) is -1.55. The van der Waals surface area contributed by atoms with E-state index in [4.69, 9.17) is 11.6 Å². The van der Waals surface area contributed by atoms with Gasteiger partial charge in [0.25, 0.3) is 0 Å². The lowest BCUT2D eigenvalue weighted by molar-refractivity contribution is 0.263. The van der Waals surface area contributed by atoms with Gasteiger partial charge in [-0.2, -0.15) is 4.31 Å². The van der Waals surface area contributed by atoms with Crippen LogP contribution >= 0.6 is 22.9 Å². The average molecular weight is 359 g/mol.